The Balaban J connectivity index is 2.22. The fourth-order valence-corrected chi connectivity index (χ4v) is 2.37. The third kappa shape index (κ3) is 3.55. The third-order valence-electron chi connectivity index (χ3n) is 3.07. The first kappa shape index (κ1) is 15.4. The molecule has 0 aromatic heterocycles. The van der Waals surface area contributed by atoms with Crippen molar-refractivity contribution in [2.75, 3.05) is 24.3 Å². The largest absolute Gasteiger partial charge is 0.494 e. The fourth-order valence-electron chi connectivity index (χ4n) is 1.99. The molecule has 0 heterocycles. The predicted octanol–water partition coefficient (Wildman–Crippen LogP) is 3.71. The van der Waals surface area contributed by atoms with Crippen LogP contribution in [0.2, 0.25) is 0 Å². The number of hydrogen-bond donors (Lipinski definition) is 1. The first-order chi connectivity index (χ1) is 10.0. The van der Waals surface area contributed by atoms with Crippen LogP contribution in [0.1, 0.15) is 17.3 Å². The van der Waals surface area contributed by atoms with E-state index in [0.717, 1.165) is 10.2 Å². The van der Waals surface area contributed by atoms with Crippen molar-refractivity contribution in [3.05, 3.63) is 52.5 Å². The molecule has 4 nitrogen and oxygen atoms in total. The number of nitrogen functional groups attached to an aromatic ring is 1. The van der Waals surface area contributed by atoms with E-state index < -0.39 is 0 Å². The average Bonchev–Trinajstić information content (AvgIpc) is 2.47. The standard InChI is InChI=1S/C16H17BrN2O2/c1-3-21-13-7-4-11(5-8-13)16(20)19(2)15-9-6-12(17)10-14(15)18/h4-10H,3,18H2,1-2H3. The molecule has 110 valence electrons. The average molecular weight is 349 g/mol. The van der Waals surface area contributed by atoms with E-state index in [1.165, 1.54) is 4.90 Å². The lowest BCUT2D eigenvalue weighted by Crippen LogP contribution is -2.26. The minimum atomic E-state index is -0.118. The monoisotopic (exact) mass is 348 g/mol. The van der Waals surface area contributed by atoms with Crippen LogP contribution in [0.5, 0.6) is 5.75 Å². The number of carbonyl (C=O) groups is 1. The topological polar surface area (TPSA) is 55.6 Å². The Hall–Kier alpha value is -2.01. The fraction of sp³-hybridized carbons (Fsp3) is 0.188. The molecule has 0 radical (unpaired) electrons. The number of nitrogens with two attached hydrogens (primary N) is 1. The van der Waals surface area contributed by atoms with Gasteiger partial charge < -0.3 is 15.4 Å². The van der Waals surface area contributed by atoms with Gasteiger partial charge in [-0.15, -0.1) is 0 Å². The maximum absolute atomic E-state index is 12.5. The second kappa shape index (κ2) is 6.63. The molecule has 21 heavy (non-hydrogen) atoms. The summed E-state index contributed by atoms with van der Waals surface area (Å²) in [5.74, 6) is 0.631. The van der Waals surface area contributed by atoms with Crippen LogP contribution in [0, 0.1) is 0 Å². The van der Waals surface area contributed by atoms with Gasteiger partial charge in [0.15, 0.2) is 0 Å². The summed E-state index contributed by atoms with van der Waals surface area (Å²) in [6, 6.07) is 12.5. The Bertz CT molecular complexity index is 641. The maximum Gasteiger partial charge on any atom is 0.258 e. The van der Waals surface area contributed by atoms with Crippen LogP contribution >= 0.6 is 15.9 Å². The van der Waals surface area contributed by atoms with Crippen LogP contribution in [-0.4, -0.2) is 19.6 Å². The van der Waals surface area contributed by atoms with Gasteiger partial charge in [0, 0.05) is 17.1 Å². The van der Waals surface area contributed by atoms with Crippen LogP contribution in [-0.2, 0) is 0 Å². The van der Waals surface area contributed by atoms with E-state index in [9.17, 15) is 4.79 Å². The molecule has 0 atom stereocenters. The number of rotatable bonds is 4. The number of benzene rings is 2. The Labute approximate surface area is 132 Å². The summed E-state index contributed by atoms with van der Waals surface area (Å²) in [5.41, 5.74) is 7.77. The van der Waals surface area contributed by atoms with Crippen LogP contribution < -0.4 is 15.4 Å². The van der Waals surface area contributed by atoms with Gasteiger partial charge in [0.25, 0.3) is 5.91 Å². The first-order valence-electron chi connectivity index (χ1n) is 6.59. The van der Waals surface area contributed by atoms with Crippen LogP contribution in [0.3, 0.4) is 0 Å². The molecule has 0 unspecified atom stereocenters. The number of halogens is 1. The molecule has 0 aliphatic heterocycles. The van der Waals surface area contributed by atoms with E-state index in [-0.39, 0.29) is 5.91 Å². The lowest BCUT2D eigenvalue weighted by atomic mass is 10.1. The second-order valence-electron chi connectivity index (χ2n) is 4.52. The number of ether oxygens (including phenoxy) is 1. The van der Waals surface area contributed by atoms with E-state index in [2.05, 4.69) is 15.9 Å². The molecule has 0 saturated heterocycles. The van der Waals surface area contributed by atoms with Crippen LogP contribution in [0.4, 0.5) is 11.4 Å². The summed E-state index contributed by atoms with van der Waals surface area (Å²) < 4.78 is 6.25. The van der Waals surface area contributed by atoms with Crippen LogP contribution in [0.15, 0.2) is 46.9 Å². The molecule has 2 aromatic carbocycles. The lowest BCUT2D eigenvalue weighted by Gasteiger charge is -2.19. The van der Waals surface area contributed by atoms with Crippen LogP contribution in [0.25, 0.3) is 0 Å². The smallest absolute Gasteiger partial charge is 0.258 e. The van der Waals surface area contributed by atoms with Crippen molar-refractivity contribution < 1.29 is 9.53 Å². The second-order valence-corrected chi connectivity index (χ2v) is 5.44. The van der Waals surface area contributed by atoms with Gasteiger partial charge >= 0.3 is 0 Å². The highest BCUT2D eigenvalue weighted by atomic mass is 79.9. The molecule has 2 aromatic rings. The van der Waals surface area contributed by atoms with Gasteiger partial charge in [0.1, 0.15) is 5.75 Å². The van der Waals surface area contributed by atoms with Gasteiger partial charge in [-0.3, -0.25) is 4.79 Å². The number of anilines is 2. The number of carbonyl (C=O) groups excluding carboxylic acids is 1. The summed E-state index contributed by atoms with van der Waals surface area (Å²) in [6.07, 6.45) is 0. The van der Waals surface area contributed by atoms with Crippen molar-refractivity contribution in [3.8, 4) is 5.75 Å². The quantitative estimate of drug-likeness (QED) is 0.857. The van der Waals surface area contributed by atoms with E-state index in [4.69, 9.17) is 10.5 Å². The molecule has 1 amide bonds. The Morgan fingerprint density at radius 1 is 1.24 bits per heavy atom. The van der Waals surface area contributed by atoms with Gasteiger partial charge in [-0.25, -0.2) is 0 Å². The van der Waals surface area contributed by atoms with Crippen molar-refractivity contribution in [2.45, 2.75) is 6.92 Å². The Morgan fingerprint density at radius 3 is 2.48 bits per heavy atom. The van der Waals surface area contributed by atoms with E-state index in [1.54, 1.807) is 37.4 Å². The molecule has 5 heteroatoms. The predicted molar refractivity (Wildman–Crippen MR) is 88.9 cm³/mol. The molecule has 0 spiro atoms. The Kier molecular flexibility index (Phi) is 4.85. The molecule has 0 bridgehead atoms. The molecule has 2 rings (SSSR count). The number of amides is 1. The Morgan fingerprint density at radius 2 is 1.90 bits per heavy atom. The minimum absolute atomic E-state index is 0.118. The minimum Gasteiger partial charge on any atom is -0.494 e. The van der Waals surface area contributed by atoms with Crippen molar-refractivity contribution in [1.82, 2.24) is 0 Å². The van der Waals surface area contributed by atoms with Gasteiger partial charge in [-0.1, -0.05) is 15.9 Å². The summed E-state index contributed by atoms with van der Waals surface area (Å²) in [7, 11) is 1.71. The first-order valence-corrected chi connectivity index (χ1v) is 7.38. The number of hydrogen-bond acceptors (Lipinski definition) is 3. The molecule has 0 saturated carbocycles. The molecule has 0 aliphatic carbocycles. The van der Waals surface area contributed by atoms with E-state index >= 15 is 0 Å². The van der Waals surface area contributed by atoms with Crippen molar-refractivity contribution in [1.29, 1.82) is 0 Å². The van der Waals surface area contributed by atoms with E-state index in [0.29, 0.717) is 23.5 Å². The molecule has 0 fully saturated rings. The van der Waals surface area contributed by atoms with E-state index in [1.807, 2.05) is 19.1 Å². The molecule has 0 aliphatic rings. The van der Waals surface area contributed by atoms with Crippen molar-refractivity contribution in [2.24, 2.45) is 0 Å². The maximum atomic E-state index is 12.5. The van der Waals surface area contributed by atoms with Gasteiger partial charge in [-0.2, -0.15) is 0 Å². The summed E-state index contributed by atoms with van der Waals surface area (Å²) in [6.45, 7) is 2.52. The highest BCUT2D eigenvalue weighted by Crippen LogP contribution is 2.27. The van der Waals surface area contributed by atoms with Crippen molar-refractivity contribution in [3.63, 3.8) is 0 Å². The summed E-state index contributed by atoms with van der Waals surface area (Å²) >= 11 is 3.35. The highest BCUT2D eigenvalue weighted by molar-refractivity contribution is 9.10. The molecule has 2 N–H and O–H groups in total. The number of nitrogens with zero attached hydrogens (tertiary/aromatic N) is 1. The van der Waals surface area contributed by atoms with Crippen molar-refractivity contribution >= 4 is 33.2 Å². The SMILES string of the molecule is CCOc1ccc(C(=O)N(C)c2ccc(Br)cc2N)cc1. The highest BCUT2D eigenvalue weighted by Gasteiger charge is 2.15. The third-order valence-corrected chi connectivity index (χ3v) is 3.56. The van der Waals surface area contributed by atoms with Gasteiger partial charge in [0.2, 0.25) is 0 Å². The summed E-state index contributed by atoms with van der Waals surface area (Å²) in [5, 5.41) is 0. The van der Waals surface area contributed by atoms with Gasteiger partial charge in [-0.05, 0) is 49.4 Å². The van der Waals surface area contributed by atoms with Gasteiger partial charge in [0.05, 0.1) is 18.0 Å². The zero-order valence-electron chi connectivity index (χ0n) is 12.0. The zero-order chi connectivity index (χ0) is 15.4. The zero-order valence-corrected chi connectivity index (χ0v) is 13.6. The summed E-state index contributed by atoms with van der Waals surface area (Å²) in [4.78, 5) is 14.0. The lowest BCUT2D eigenvalue weighted by molar-refractivity contribution is 0.0993. The molecular weight excluding hydrogens is 332 g/mol. The normalized spacial score (nSPS) is 10.2. The molecular formula is C16H17BrN2O2.